The molecule has 1 rings (SSSR count). The van der Waals surface area contributed by atoms with Crippen molar-refractivity contribution in [1.82, 2.24) is 10.2 Å². The van der Waals surface area contributed by atoms with Crippen LogP contribution in [0.4, 0.5) is 0 Å². The summed E-state index contributed by atoms with van der Waals surface area (Å²) in [5, 5.41) is 2.90. The minimum atomic E-state index is -0.346. The van der Waals surface area contributed by atoms with Crippen LogP contribution in [-0.4, -0.2) is 35.3 Å². The van der Waals surface area contributed by atoms with Crippen molar-refractivity contribution in [2.75, 3.05) is 6.54 Å². The van der Waals surface area contributed by atoms with Crippen LogP contribution in [-0.2, 0) is 9.59 Å². The molecule has 0 spiro atoms. The first-order chi connectivity index (χ1) is 9.35. The van der Waals surface area contributed by atoms with E-state index in [4.69, 9.17) is 0 Å². The lowest BCUT2D eigenvalue weighted by Gasteiger charge is -2.31. The van der Waals surface area contributed by atoms with Crippen LogP contribution in [0.25, 0.3) is 0 Å². The Kier molecular flexibility index (Phi) is 6.50. The lowest BCUT2D eigenvalue weighted by atomic mass is 10.0. The quantitative estimate of drug-likeness (QED) is 0.814. The largest absolute Gasteiger partial charge is 0.344 e. The molecule has 4 heteroatoms. The van der Waals surface area contributed by atoms with Gasteiger partial charge in [0.2, 0.25) is 11.8 Å². The maximum Gasteiger partial charge on any atom is 0.245 e. The number of nitrogens with zero attached hydrogens (tertiary/aromatic N) is 1. The van der Waals surface area contributed by atoms with Gasteiger partial charge in [-0.15, -0.1) is 0 Å². The standard InChI is InChI=1S/C16H30N2O2/c1-6-7-12(4)10-18-13(5)9-15(19)17-14(16(18)20)8-11(2)3/h11-14H,6-10H2,1-5H3,(H,17,19). The molecule has 0 aromatic heterocycles. The van der Waals surface area contributed by atoms with E-state index in [1.807, 2.05) is 11.8 Å². The van der Waals surface area contributed by atoms with E-state index in [9.17, 15) is 9.59 Å². The van der Waals surface area contributed by atoms with Gasteiger partial charge < -0.3 is 10.2 Å². The summed E-state index contributed by atoms with van der Waals surface area (Å²) < 4.78 is 0. The Morgan fingerprint density at radius 3 is 2.50 bits per heavy atom. The normalized spacial score (nSPS) is 25.6. The van der Waals surface area contributed by atoms with E-state index >= 15 is 0 Å². The van der Waals surface area contributed by atoms with E-state index in [-0.39, 0.29) is 23.9 Å². The highest BCUT2D eigenvalue weighted by atomic mass is 16.2. The second-order valence-electron chi connectivity index (χ2n) is 6.69. The first-order valence-electron chi connectivity index (χ1n) is 7.94. The monoisotopic (exact) mass is 282 g/mol. The number of carbonyl (C=O) groups is 2. The maximum atomic E-state index is 12.7. The van der Waals surface area contributed by atoms with Crippen LogP contribution >= 0.6 is 0 Å². The molecule has 1 N–H and O–H groups in total. The molecule has 0 aliphatic carbocycles. The third-order valence-electron chi connectivity index (χ3n) is 3.93. The third-order valence-corrected chi connectivity index (χ3v) is 3.93. The van der Waals surface area contributed by atoms with Crippen LogP contribution in [0.2, 0.25) is 0 Å². The van der Waals surface area contributed by atoms with Gasteiger partial charge in [-0.05, 0) is 31.6 Å². The lowest BCUT2D eigenvalue weighted by Crippen LogP contribution is -2.48. The molecule has 116 valence electrons. The van der Waals surface area contributed by atoms with E-state index in [1.165, 1.54) is 0 Å². The molecular weight excluding hydrogens is 252 g/mol. The van der Waals surface area contributed by atoms with Crippen molar-refractivity contribution >= 4 is 11.8 Å². The van der Waals surface area contributed by atoms with Gasteiger partial charge >= 0.3 is 0 Å². The Labute approximate surface area is 123 Å². The first kappa shape index (κ1) is 17.0. The second-order valence-corrected chi connectivity index (χ2v) is 6.69. The molecule has 3 unspecified atom stereocenters. The fraction of sp³-hybridized carbons (Fsp3) is 0.875. The molecule has 4 nitrogen and oxygen atoms in total. The topological polar surface area (TPSA) is 49.4 Å². The summed E-state index contributed by atoms with van der Waals surface area (Å²) in [4.78, 5) is 26.5. The average Bonchev–Trinajstić information content (AvgIpc) is 2.41. The molecular formula is C16H30N2O2. The summed E-state index contributed by atoms with van der Waals surface area (Å²) in [5.41, 5.74) is 0. The van der Waals surface area contributed by atoms with E-state index in [1.54, 1.807) is 0 Å². The maximum absolute atomic E-state index is 12.7. The average molecular weight is 282 g/mol. The van der Waals surface area contributed by atoms with Crippen molar-refractivity contribution < 1.29 is 9.59 Å². The van der Waals surface area contributed by atoms with Gasteiger partial charge in [-0.25, -0.2) is 0 Å². The fourth-order valence-electron chi connectivity index (χ4n) is 2.93. The Balaban J connectivity index is 2.82. The summed E-state index contributed by atoms with van der Waals surface area (Å²) in [6.45, 7) is 11.2. The minimum absolute atomic E-state index is 0.000955. The molecule has 0 bridgehead atoms. The van der Waals surface area contributed by atoms with Gasteiger partial charge in [0.1, 0.15) is 6.04 Å². The Hall–Kier alpha value is -1.06. The van der Waals surface area contributed by atoms with Crippen LogP contribution in [0.3, 0.4) is 0 Å². The summed E-state index contributed by atoms with van der Waals surface area (Å²) in [5.74, 6) is 0.981. The summed E-state index contributed by atoms with van der Waals surface area (Å²) in [6, 6.07) is -0.347. The Morgan fingerprint density at radius 1 is 1.30 bits per heavy atom. The van der Waals surface area contributed by atoms with Crippen molar-refractivity contribution in [1.29, 1.82) is 0 Å². The number of hydrogen-bond acceptors (Lipinski definition) is 2. The SMILES string of the molecule is CCCC(C)CN1C(=O)C(CC(C)C)NC(=O)CC1C. The van der Waals surface area contributed by atoms with Crippen LogP contribution in [0.15, 0.2) is 0 Å². The molecule has 0 saturated carbocycles. The number of amides is 2. The van der Waals surface area contributed by atoms with Crippen LogP contribution in [0, 0.1) is 11.8 Å². The third kappa shape index (κ3) is 4.80. The lowest BCUT2D eigenvalue weighted by molar-refractivity contribution is -0.136. The highest BCUT2D eigenvalue weighted by molar-refractivity contribution is 5.90. The highest BCUT2D eigenvalue weighted by Crippen LogP contribution is 2.19. The molecule has 0 aromatic rings. The predicted octanol–water partition coefficient (Wildman–Crippen LogP) is 2.57. The van der Waals surface area contributed by atoms with Crippen molar-refractivity contribution in [3.05, 3.63) is 0 Å². The first-order valence-corrected chi connectivity index (χ1v) is 7.94. The van der Waals surface area contributed by atoms with Gasteiger partial charge in [0, 0.05) is 19.0 Å². The zero-order valence-corrected chi connectivity index (χ0v) is 13.6. The zero-order chi connectivity index (χ0) is 15.3. The van der Waals surface area contributed by atoms with E-state index in [2.05, 4.69) is 33.0 Å². The Bertz CT molecular complexity index is 341. The van der Waals surface area contributed by atoms with Crippen molar-refractivity contribution in [2.24, 2.45) is 11.8 Å². The van der Waals surface area contributed by atoms with Crippen molar-refractivity contribution in [3.63, 3.8) is 0 Å². The summed E-state index contributed by atoms with van der Waals surface area (Å²) >= 11 is 0. The van der Waals surface area contributed by atoms with Crippen LogP contribution in [0.1, 0.15) is 60.3 Å². The van der Waals surface area contributed by atoms with Crippen molar-refractivity contribution in [3.8, 4) is 0 Å². The molecule has 1 fully saturated rings. The molecule has 3 atom stereocenters. The van der Waals surface area contributed by atoms with Gasteiger partial charge in [0.05, 0.1) is 0 Å². The molecule has 0 radical (unpaired) electrons. The fourth-order valence-corrected chi connectivity index (χ4v) is 2.93. The highest BCUT2D eigenvalue weighted by Gasteiger charge is 2.34. The molecule has 1 aliphatic heterocycles. The van der Waals surface area contributed by atoms with Crippen LogP contribution in [0.5, 0.6) is 0 Å². The Morgan fingerprint density at radius 2 is 1.95 bits per heavy atom. The minimum Gasteiger partial charge on any atom is -0.344 e. The number of nitrogens with one attached hydrogen (secondary N) is 1. The van der Waals surface area contributed by atoms with E-state index in [0.717, 1.165) is 25.8 Å². The van der Waals surface area contributed by atoms with Gasteiger partial charge in [0.25, 0.3) is 0 Å². The molecule has 20 heavy (non-hydrogen) atoms. The zero-order valence-electron chi connectivity index (χ0n) is 13.6. The van der Waals surface area contributed by atoms with Gasteiger partial charge in [0.15, 0.2) is 0 Å². The number of hydrogen-bond donors (Lipinski definition) is 1. The number of carbonyl (C=O) groups excluding carboxylic acids is 2. The smallest absolute Gasteiger partial charge is 0.245 e. The molecule has 1 heterocycles. The second kappa shape index (κ2) is 7.65. The molecule has 0 aromatic carbocycles. The summed E-state index contributed by atoms with van der Waals surface area (Å²) in [6.07, 6.45) is 3.38. The molecule has 1 saturated heterocycles. The van der Waals surface area contributed by atoms with Crippen LogP contribution < -0.4 is 5.32 Å². The summed E-state index contributed by atoms with van der Waals surface area (Å²) in [7, 11) is 0. The van der Waals surface area contributed by atoms with Gasteiger partial charge in [-0.2, -0.15) is 0 Å². The predicted molar refractivity (Wildman–Crippen MR) is 81.2 cm³/mol. The number of rotatable bonds is 6. The molecule has 1 aliphatic rings. The molecule has 2 amide bonds. The van der Waals surface area contributed by atoms with E-state index in [0.29, 0.717) is 18.3 Å². The van der Waals surface area contributed by atoms with Gasteiger partial charge in [-0.1, -0.05) is 34.1 Å². The van der Waals surface area contributed by atoms with Crippen molar-refractivity contribution in [2.45, 2.75) is 72.4 Å². The van der Waals surface area contributed by atoms with Gasteiger partial charge in [-0.3, -0.25) is 9.59 Å². The van der Waals surface area contributed by atoms with E-state index < -0.39 is 0 Å².